The van der Waals surface area contributed by atoms with Gasteiger partial charge in [0.1, 0.15) is 0 Å². The van der Waals surface area contributed by atoms with E-state index in [1.54, 1.807) is 6.92 Å². The molecule has 0 radical (unpaired) electrons. The summed E-state index contributed by atoms with van der Waals surface area (Å²) in [6.07, 6.45) is 12.6. The first-order chi connectivity index (χ1) is 8.15. The summed E-state index contributed by atoms with van der Waals surface area (Å²) >= 11 is 0. The minimum atomic E-state index is -0.417. The van der Waals surface area contributed by atoms with Gasteiger partial charge in [-0.05, 0) is 0 Å². The molecular weight excluding hydrogens is 214 g/mol. The Bertz CT molecular complexity index is 106. The fraction of sp³-hybridized carbons (Fsp3) is 1.00. The molecule has 1 unspecified atom stereocenters. The second kappa shape index (κ2) is 18.3. The average Bonchev–Trinajstić information content (AvgIpc) is 2.26. The summed E-state index contributed by atoms with van der Waals surface area (Å²) in [6.45, 7) is 3.99. The Labute approximate surface area is 107 Å². The van der Waals surface area contributed by atoms with Crippen molar-refractivity contribution in [3.05, 3.63) is 0 Å². The highest BCUT2D eigenvalue weighted by Crippen LogP contribution is 2.09. The summed E-state index contributed by atoms with van der Waals surface area (Å²) in [7, 11) is 0. The summed E-state index contributed by atoms with van der Waals surface area (Å²) in [4.78, 5) is 0. The lowest BCUT2D eigenvalue weighted by atomic mass is 10.1. The third-order valence-electron chi connectivity index (χ3n) is 2.50. The van der Waals surface area contributed by atoms with Crippen molar-refractivity contribution in [3.63, 3.8) is 0 Å². The van der Waals surface area contributed by atoms with Crippen LogP contribution in [0.1, 0.15) is 78.1 Å². The Morgan fingerprint density at radius 1 is 0.882 bits per heavy atom. The monoisotopic (exact) mass is 247 g/mol. The van der Waals surface area contributed by atoms with E-state index in [2.05, 4.69) is 12.7 Å². The molecule has 1 atom stereocenters. The summed E-state index contributed by atoms with van der Waals surface area (Å²) in [5.41, 5.74) is 3.19. The van der Waals surface area contributed by atoms with Crippen LogP contribution in [0.2, 0.25) is 0 Å². The number of aliphatic hydroxyl groups excluding tert-OH is 1. The van der Waals surface area contributed by atoms with Gasteiger partial charge in [0.2, 0.25) is 0 Å². The van der Waals surface area contributed by atoms with Crippen LogP contribution >= 0.6 is 0 Å². The molecule has 106 valence electrons. The zero-order chi connectivity index (χ0) is 13.4. The Hall–Kier alpha value is -0.120. The van der Waals surface area contributed by atoms with Crippen LogP contribution in [0.25, 0.3) is 0 Å². The van der Waals surface area contributed by atoms with E-state index in [9.17, 15) is 5.11 Å². The lowest BCUT2D eigenvalue weighted by molar-refractivity contribution is -0.475. The predicted octanol–water partition coefficient (Wildman–Crippen LogP) is 1.83. The highest BCUT2D eigenvalue weighted by molar-refractivity contribution is 4.46. The third-order valence-corrected chi connectivity index (χ3v) is 2.50. The van der Waals surface area contributed by atoms with Crippen molar-refractivity contribution in [2.24, 2.45) is 0 Å². The maximum Gasteiger partial charge on any atom is 0.182 e. The fourth-order valence-corrected chi connectivity index (χ4v) is 1.59. The molecule has 0 saturated carbocycles. The zero-order valence-corrected chi connectivity index (χ0v) is 11.9. The van der Waals surface area contributed by atoms with Gasteiger partial charge in [0.25, 0.3) is 0 Å². The first-order valence-corrected chi connectivity index (χ1v) is 7.24. The molecule has 0 bridgehead atoms. The maximum absolute atomic E-state index is 10.1. The highest BCUT2D eigenvalue weighted by atomic mass is 16.3. The van der Waals surface area contributed by atoms with E-state index in [4.69, 9.17) is 5.11 Å². The van der Waals surface area contributed by atoms with Gasteiger partial charge in [-0.1, -0.05) is 71.1 Å². The lowest BCUT2D eigenvalue weighted by Gasteiger charge is -2.03. The van der Waals surface area contributed by atoms with Gasteiger partial charge in [0.15, 0.2) is 6.23 Å². The summed E-state index contributed by atoms with van der Waals surface area (Å²) in [6, 6.07) is 0. The molecule has 0 aliphatic carbocycles. The van der Waals surface area contributed by atoms with Crippen LogP contribution in [0.4, 0.5) is 0 Å². The van der Waals surface area contributed by atoms with Gasteiger partial charge >= 0.3 is 0 Å². The van der Waals surface area contributed by atoms with Crippen LogP contribution in [-0.4, -0.2) is 17.9 Å². The lowest BCUT2D eigenvalue weighted by Crippen LogP contribution is -2.58. The molecule has 4 N–H and O–H groups in total. The van der Waals surface area contributed by atoms with Gasteiger partial charge in [0.05, 0.1) is 0 Å². The number of rotatable bonds is 10. The van der Waals surface area contributed by atoms with Crippen molar-refractivity contribution in [2.45, 2.75) is 84.3 Å². The molecule has 0 spiro atoms. The Morgan fingerprint density at radius 2 is 1.18 bits per heavy atom. The second-order valence-electron chi connectivity index (χ2n) is 4.74. The predicted molar refractivity (Wildman–Crippen MR) is 71.3 cm³/mol. The SMILES string of the molecule is CC([NH3+])O.CCCCCCCCCCCC[O-]. The number of quaternary nitrogens is 1. The topological polar surface area (TPSA) is 70.9 Å². The van der Waals surface area contributed by atoms with Crippen molar-refractivity contribution in [1.82, 2.24) is 0 Å². The molecule has 0 aliphatic rings. The van der Waals surface area contributed by atoms with Gasteiger partial charge < -0.3 is 15.9 Å². The molecule has 0 aromatic heterocycles. The molecule has 0 fully saturated rings. The van der Waals surface area contributed by atoms with Crippen molar-refractivity contribution in [3.8, 4) is 0 Å². The Morgan fingerprint density at radius 3 is 1.47 bits per heavy atom. The van der Waals surface area contributed by atoms with Crippen LogP contribution in [0, 0.1) is 0 Å². The zero-order valence-electron chi connectivity index (χ0n) is 11.9. The van der Waals surface area contributed by atoms with Gasteiger partial charge in [-0.25, -0.2) is 0 Å². The van der Waals surface area contributed by atoms with Crippen LogP contribution in [0.15, 0.2) is 0 Å². The normalized spacial score (nSPS) is 11.8. The Balaban J connectivity index is 0. The molecule has 3 nitrogen and oxygen atoms in total. The van der Waals surface area contributed by atoms with Crippen molar-refractivity contribution in [1.29, 1.82) is 0 Å². The van der Waals surface area contributed by atoms with E-state index >= 15 is 0 Å². The maximum atomic E-state index is 10.1. The highest BCUT2D eigenvalue weighted by Gasteiger charge is 1.90. The van der Waals surface area contributed by atoms with Gasteiger partial charge in [0, 0.05) is 6.92 Å². The smallest absolute Gasteiger partial charge is 0.182 e. The number of aliphatic hydroxyl groups is 1. The summed E-state index contributed by atoms with van der Waals surface area (Å²) < 4.78 is 0. The number of hydrogen-bond donors (Lipinski definition) is 2. The fourth-order valence-electron chi connectivity index (χ4n) is 1.59. The first kappa shape index (κ1) is 19.2. The van der Waals surface area contributed by atoms with E-state index in [1.165, 1.54) is 51.4 Å². The molecule has 0 aliphatic heterocycles. The molecule has 3 heteroatoms. The van der Waals surface area contributed by atoms with Gasteiger partial charge in [-0.15, -0.1) is 6.61 Å². The van der Waals surface area contributed by atoms with E-state index in [0.29, 0.717) is 0 Å². The minimum absolute atomic E-state index is 0.122. The van der Waals surface area contributed by atoms with Crippen LogP contribution in [0.3, 0.4) is 0 Å². The number of hydrogen-bond acceptors (Lipinski definition) is 2. The van der Waals surface area contributed by atoms with Crippen LogP contribution in [-0.2, 0) is 0 Å². The molecule has 0 aromatic rings. The van der Waals surface area contributed by atoms with Crippen molar-refractivity contribution < 1.29 is 15.9 Å². The first-order valence-electron chi connectivity index (χ1n) is 7.24. The largest absolute Gasteiger partial charge is 0.854 e. The molecule has 0 amide bonds. The number of unbranched alkanes of at least 4 members (excludes halogenated alkanes) is 9. The second-order valence-corrected chi connectivity index (χ2v) is 4.74. The summed E-state index contributed by atoms with van der Waals surface area (Å²) in [5.74, 6) is 0. The average molecular weight is 247 g/mol. The minimum Gasteiger partial charge on any atom is -0.854 e. The molecular formula is C14H33NO2. The van der Waals surface area contributed by atoms with E-state index in [0.717, 1.165) is 12.8 Å². The van der Waals surface area contributed by atoms with Crippen LogP contribution in [0.5, 0.6) is 0 Å². The van der Waals surface area contributed by atoms with E-state index in [-0.39, 0.29) is 6.61 Å². The molecule has 0 rings (SSSR count). The molecule has 0 aromatic carbocycles. The van der Waals surface area contributed by atoms with Crippen molar-refractivity contribution in [2.75, 3.05) is 6.61 Å². The molecule has 17 heavy (non-hydrogen) atoms. The van der Waals surface area contributed by atoms with Gasteiger partial charge in [-0.3, -0.25) is 0 Å². The van der Waals surface area contributed by atoms with E-state index in [1.807, 2.05) is 0 Å². The van der Waals surface area contributed by atoms with E-state index < -0.39 is 6.23 Å². The van der Waals surface area contributed by atoms with Gasteiger partial charge in [-0.2, -0.15) is 0 Å². The van der Waals surface area contributed by atoms with Crippen LogP contribution < -0.4 is 10.8 Å². The quantitative estimate of drug-likeness (QED) is 0.457. The standard InChI is InChI=1S/C12H25O.C2H7NO/c1-2-3-4-5-6-7-8-9-10-11-12-13;1-2(3)4/h2-12H2,1H3;2,4H,3H2,1H3/q-1;/p+1. The summed E-state index contributed by atoms with van der Waals surface area (Å²) in [5, 5.41) is 18.1. The van der Waals surface area contributed by atoms with Crippen molar-refractivity contribution >= 4 is 0 Å². The third kappa shape index (κ3) is 31.3. The molecule has 0 saturated heterocycles. The molecule has 0 heterocycles. The Kier molecular flexibility index (Phi) is 20.6.